The van der Waals surface area contributed by atoms with E-state index < -0.39 is 22.0 Å². The number of hydrogen-bond donors (Lipinski definition) is 1. The van der Waals surface area contributed by atoms with Crippen molar-refractivity contribution in [3.05, 3.63) is 0 Å². The van der Waals surface area contributed by atoms with Gasteiger partial charge in [0, 0.05) is 6.04 Å². The first kappa shape index (κ1) is 13.8. The van der Waals surface area contributed by atoms with Gasteiger partial charge in [0.05, 0.1) is 5.75 Å². The number of primary amides is 1. The van der Waals surface area contributed by atoms with Gasteiger partial charge in [0.15, 0.2) is 0 Å². The molecule has 1 amide bonds. The molecule has 104 valence electrons. The van der Waals surface area contributed by atoms with Gasteiger partial charge >= 0.3 is 0 Å². The largest absolute Gasteiger partial charge is 0.368 e. The first-order valence-electron chi connectivity index (χ1n) is 6.78. The van der Waals surface area contributed by atoms with Crippen molar-refractivity contribution in [3.63, 3.8) is 0 Å². The third-order valence-electron chi connectivity index (χ3n) is 4.14. The van der Waals surface area contributed by atoms with E-state index in [1.165, 1.54) is 4.31 Å². The smallest absolute Gasteiger partial charge is 0.235 e. The summed E-state index contributed by atoms with van der Waals surface area (Å²) in [4.78, 5) is 11.5. The molecule has 0 spiro atoms. The minimum Gasteiger partial charge on any atom is -0.368 e. The summed E-state index contributed by atoms with van der Waals surface area (Å²) < 4.78 is 26.1. The Hall–Kier alpha value is -0.620. The van der Waals surface area contributed by atoms with Crippen LogP contribution in [0.25, 0.3) is 0 Å². The summed E-state index contributed by atoms with van der Waals surface area (Å²) >= 11 is 0. The second-order valence-electron chi connectivity index (χ2n) is 5.41. The summed E-state index contributed by atoms with van der Waals surface area (Å²) in [6.45, 7) is 1.84. The van der Waals surface area contributed by atoms with Crippen LogP contribution >= 0.6 is 0 Å². The lowest BCUT2D eigenvalue weighted by atomic mass is 9.85. The maximum absolute atomic E-state index is 12.3. The second-order valence-corrected chi connectivity index (χ2v) is 7.41. The lowest BCUT2D eigenvalue weighted by Crippen LogP contribution is -2.48. The number of amides is 1. The Labute approximate surface area is 109 Å². The molecule has 6 heteroatoms. The van der Waals surface area contributed by atoms with E-state index in [0.29, 0.717) is 18.8 Å². The number of carbonyl (C=O) groups is 1. The van der Waals surface area contributed by atoms with Crippen LogP contribution in [-0.2, 0) is 14.8 Å². The number of sulfonamides is 1. The molecule has 0 aromatic heterocycles. The van der Waals surface area contributed by atoms with Crippen LogP contribution in [0.3, 0.4) is 0 Å². The second kappa shape index (κ2) is 5.17. The van der Waals surface area contributed by atoms with E-state index >= 15 is 0 Å². The van der Waals surface area contributed by atoms with Crippen LogP contribution in [0.2, 0.25) is 0 Å². The van der Waals surface area contributed by atoms with Crippen LogP contribution in [0.5, 0.6) is 0 Å². The summed E-state index contributed by atoms with van der Waals surface area (Å²) in [6.07, 6.45) is 5.26. The van der Waals surface area contributed by atoms with Gasteiger partial charge in [-0.1, -0.05) is 19.8 Å². The third-order valence-corrected chi connectivity index (χ3v) is 6.23. The fourth-order valence-corrected chi connectivity index (χ4v) is 5.42. The van der Waals surface area contributed by atoms with Crippen LogP contribution in [-0.4, -0.2) is 36.5 Å². The van der Waals surface area contributed by atoms with E-state index in [1.54, 1.807) is 0 Å². The minimum absolute atomic E-state index is 0.00722. The fourth-order valence-electron chi connectivity index (χ4n) is 3.42. The molecule has 1 aliphatic carbocycles. The van der Waals surface area contributed by atoms with Gasteiger partial charge in [-0.25, -0.2) is 8.42 Å². The molecule has 1 aliphatic heterocycles. The number of hydrogen-bond acceptors (Lipinski definition) is 3. The zero-order valence-electron chi connectivity index (χ0n) is 10.8. The Bertz CT molecular complexity index is 421. The molecule has 2 aliphatic rings. The van der Waals surface area contributed by atoms with Gasteiger partial charge in [-0.2, -0.15) is 4.31 Å². The lowest BCUT2D eigenvalue weighted by molar-refractivity contribution is -0.121. The molecule has 5 nitrogen and oxygen atoms in total. The summed E-state index contributed by atoms with van der Waals surface area (Å²) in [5.41, 5.74) is 5.39. The Morgan fingerprint density at radius 3 is 2.61 bits per heavy atom. The normalized spacial score (nSPS) is 33.3. The van der Waals surface area contributed by atoms with Crippen molar-refractivity contribution < 1.29 is 13.2 Å². The zero-order chi connectivity index (χ0) is 13.3. The molecule has 0 unspecified atom stereocenters. The number of nitrogens with zero attached hydrogens (tertiary/aromatic N) is 1. The van der Waals surface area contributed by atoms with Gasteiger partial charge < -0.3 is 5.73 Å². The SMILES string of the molecule is CCCS(=O)(=O)N1[C@H](C(N)=O)C[C@@H]2CCCC[C@@H]21. The quantitative estimate of drug-likeness (QED) is 0.825. The van der Waals surface area contributed by atoms with Crippen LogP contribution in [0, 0.1) is 5.92 Å². The maximum atomic E-state index is 12.3. The molecule has 1 heterocycles. The average molecular weight is 274 g/mol. The third kappa shape index (κ3) is 2.40. The summed E-state index contributed by atoms with van der Waals surface area (Å²) in [5.74, 6) is -0.0630. The summed E-state index contributed by atoms with van der Waals surface area (Å²) in [7, 11) is -3.34. The number of nitrogens with two attached hydrogens (primary N) is 1. The van der Waals surface area contributed by atoms with E-state index in [-0.39, 0.29) is 11.8 Å². The van der Waals surface area contributed by atoms with Crippen molar-refractivity contribution in [2.45, 2.75) is 57.5 Å². The van der Waals surface area contributed by atoms with Gasteiger partial charge in [-0.15, -0.1) is 0 Å². The standard InChI is InChI=1S/C12H22N2O3S/c1-2-7-18(16,17)14-10-6-4-3-5-9(10)8-11(14)12(13)15/h9-11H,2-8H2,1H3,(H2,13,15)/t9-,10-,11-/m0/s1. The molecule has 18 heavy (non-hydrogen) atoms. The van der Waals surface area contributed by atoms with Gasteiger partial charge in [0.1, 0.15) is 6.04 Å². The molecule has 2 N–H and O–H groups in total. The molecule has 0 aromatic rings. The van der Waals surface area contributed by atoms with E-state index in [0.717, 1.165) is 25.7 Å². The first-order chi connectivity index (χ1) is 8.47. The highest BCUT2D eigenvalue weighted by molar-refractivity contribution is 7.89. The lowest BCUT2D eigenvalue weighted by Gasteiger charge is -2.32. The van der Waals surface area contributed by atoms with Crippen LogP contribution < -0.4 is 5.73 Å². The molecule has 0 bridgehead atoms. The number of carbonyl (C=O) groups excluding carboxylic acids is 1. The average Bonchev–Trinajstić information content (AvgIpc) is 2.68. The number of fused-ring (bicyclic) bond motifs is 1. The highest BCUT2D eigenvalue weighted by atomic mass is 32.2. The first-order valence-corrected chi connectivity index (χ1v) is 8.39. The van der Waals surface area contributed by atoms with Crippen molar-refractivity contribution in [3.8, 4) is 0 Å². The van der Waals surface area contributed by atoms with Crippen LogP contribution in [0.15, 0.2) is 0 Å². The van der Waals surface area contributed by atoms with E-state index in [2.05, 4.69) is 0 Å². The fraction of sp³-hybridized carbons (Fsp3) is 0.917. The number of rotatable bonds is 4. The van der Waals surface area contributed by atoms with Crippen LogP contribution in [0.1, 0.15) is 45.4 Å². The molecular weight excluding hydrogens is 252 g/mol. The highest BCUT2D eigenvalue weighted by Gasteiger charge is 2.49. The van der Waals surface area contributed by atoms with E-state index in [4.69, 9.17) is 5.73 Å². The molecule has 3 atom stereocenters. The summed E-state index contributed by atoms with van der Waals surface area (Å²) in [5, 5.41) is 0. The molecule has 0 radical (unpaired) electrons. The van der Waals surface area contributed by atoms with E-state index in [9.17, 15) is 13.2 Å². The predicted octanol–water partition coefficient (Wildman–Crippen LogP) is 0.845. The topological polar surface area (TPSA) is 80.5 Å². The molecule has 0 aromatic carbocycles. The van der Waals surface area contributed by atoms with Crippen LogP contribution in [0.4, 0.5) is 0 Å². The van der Waals surface area contributed by atoms with Crippen molar-refractivity contribution in [2.24, 2.45) is 11.7 Å². The van der Waals surface area contributed by atoms with Crippen molar-refractivity contribution in [1.29, 1.82) is 0 Å². The maximum Gasteiger partial charge on any atom is 0.235 e. The molecule has 1 saturated carbocycles. The van der Waals surface area contributed by atoms with Gasteiger partial charge in [0.25, 0.3) is 0 Å². The Morgan fingerprint density at radius 1 is 1.33 bits per heavy atom. The van der Waals surface area contributed by atoms with Gasteiger partial charge in [-0.05, 0) is 31.6 Å². The molecule has 2 fully saturated rings. The highest BCUT2D eigenvalue weighted by Crippen LogP contribution is 2.41. The molecule has 2 rings (SSSR count). The Morgan fingerprint density at radius 2 is 2.00 bits per heavy atom. The molecular formula is C12H22N2O3S. The zero-order valence-corrected chi connectivity index (χ0v) is 11.7. The van der Waals surface area contributed by atoms with Gasteiger partial charge in [0.2, 0.25) is 15.9 Å². The van der Waals surface area contributed by atoms with Crippen molar-refractivity contribution in [1.82, 2.24) is 4.31 Å². The Kier molecular flexibility index (Phi) is 3.96. The van der Waals surface area contributed by atoms with Crippen molar-refractivity contribution in [2.75, 3.05) is 5.75 Å². The predicted molar refractivity (Wildman–Crippen MR) is 69.3 cm³/mol. The monoisotopic (exact) mass is 274 g/mol. The van der Waals surface area contributed by atoms with Crippen molar-refractivity contribution >= 4 is 15.9 Å². The van der Waals surface area contributed by atoms with Gasteiger partial charge in [-0.3, -0.25) is 4.79 Å². The van der Waals surface area contributed by atoms with E-state index in [1.807, 2.05) is 6.92 Å². The Balaban J connectivity index is 2.30. The minimum atomic E-state index is -3.34. The summed E-state index contributed by atoms with van der Waals surface area (Å²) in [6, 6.07) is -0.609. The molecule has 1 saturated heterocycles.